The lowest BCUT2D eigenvalue weighted by molar-refractivity contribution is 0.591. The van der Waals surface area contributed by atoms with Crippen molar-refractivity contribution in [2.45, 2.75) is 52.4 Å². The molecule has 8 aromatic carbocycles. The van der Waals surface area contributed by atoms with Crippen molar-refractivity contribution < 1.29 is 17.7 Å². The number of rotatable bonds is 0. The smallest absolute Gasteiger partial charge is 0.284 e. The Bertz CT molecular complexity index is 3630. The third-order valence-corrected chi connectivity index (χ3v) is 12.1. The predicted molar refractivity (Wildman–Crippen MR) is 278 cm³/mol. The van der Waals surface area contributed by atoms with Crippen LogP contribution in [0.5, 0.6) is 0 Å². The quantitative estimate of drug-likeness (QED) is 0.148. The van der Waals surface area contributed by atoms with E-state index in [1.54, 1.807) is 0 Å². The summed E-state index contributed by atoms with van der Waals surface area (Å²) < 4.78 is 26.7. The highest BCUT2D eigenvalue weighted by Crippen LogP contribution is 2.32. The molecule has 68 heavy (non-hydrogen) atoms. The number of benzene rings is 8. The van der Waals surface area contributed by atoms with Gasteiger partial charge in [0.15, 0.2) is 0 Å². The van der Waals surface area contributed by atoms with Gasteiger partial charge in [0.2, 0.25) is 0 Å². The molecule has 0 spiro atoms. The van der Waals surface area contributed by atoms with Gasteiger partial charge in [0.1, 0.15) is 22.3 Å². The van der Waals surface area contributed by atoms with Crippen molar-refractivity contribution in [2.75, 3.05) is 0 Å². The van der Waals surface area contributed by atoms with Gasteiger partial charge in [0.05, 0.1) is 22.1 Å². The molecule has 0 atom stereocenters. The molecule has 8 heteroatoms. The monoisotopic (exact) mass is 888 g/mol. The maximum absolute atomic E-state index is 6.67. The lowest BCUT2D eigenvalue weighted by Crippen LogP contribution is -2.10. The normalized spacial score (nSPS) is 12.0. The molecule has 0 radical (unpaired) electrons. The molecule has 0 aliphatic rings. The van der Waals surface area contributed by atoms with Gasteiger partial charge in [-0.05, 0) is 150 Å². The lowest BCUT2D eigenvalue weighted by atomic mass is 9.85. The summed E-state index contributed by atoms with van der Waals surface area (Å²) in [6.45, 7) is 13.4. The van der Waals surface area contributed by atoms with E-state index in [9.17, 15) is 0 Å². The zero-order chi connectivity index (χ0) is 46.6. The van der Waals surface area contributed by atoms with Gasteiger partial charge >= 0.3 is 0 Å². The van der Waals surface area contributed by atoms with Gasteiger partial charge in [-0.25, -0.2) is 19.9 Å². The molecule has 0 aliphatic carbocycles. The first-order chi connectivity index (χ1) is 32.8. The Morgan fingerprint density at radius 1 is 0.265 bits per heavy atom. The number of aromatic nitrogens is 4. The molecule has 0 saturated carbocycles. The van der Waals surface area contributed by atoms with Crippen LogP contribution in [-0.4, -0.2) is 19.9 Å². The molecule has 0 N–H and O–H groups in total. The van der Waals surface area contributed by atoms with Gasteiger partial charge < -0.3 is 17.7 Å². The third kappa shape index (κ3) is 8.72. The van der Waals surface area contributed by atoms with Crippen LogP contribution in [0.25, 0.3) is 110 Å². The Balaban J connectivity index is 1.30. The van der Waals surface area contributed by atoms with Crippen molar-refractivity contribution in [3.8, 4) is 0 Å². The van der Waals surface area contributed by atoms with Crippen LogP contribution in [0.1, 0.15) is 52.7 Å². The zero-order valence-corrected chi connectivity index (χ0v) is 38.7. The van der Waals surface area contributed by atoms with Crippen molar-refractivity contribution in [2.24, 2.45) is 0 Å². The summed E-state index contributed by atoms with van der Waals surface area (Å²) in [4.78, 5) is 19.8. The molecule has 0 amide bonds. The number of fused-ring (bicyclic) bond motifs is 20. The molecule has 11 aromatic rings. The van der Waals surface area contributed by atoms with Gasteiger partial charge in [-0.3, -0.25) is 0 Å². The van der Waals surface area contributed by atoms with Crippen LogP contribution >= 0.6 is 0 Å². The summed E-state index contributed by atoms with van der Waals surface area (Å²) in [6, 6.07) is 61.1. The fraction of sp³-hybridized carbons (Fsp3) is 0.133. The van der Waals surface area contributed by atoms with Crippen LogP contribution in [0.3, 0.4) is 0 Å². The van der Waals surface area contributed by atoms with Crippen LogP contribution in [0, 0.1) is 0 Å². The van der Waals surface area contributed by atoms with Gasteiger partial charge in [-0.1, -0.05) is 139 Å². The maximum atomic E-state index is 6.67. The first kappa shape index (κ1) is 42.3. The molecule has 11 rings (SSSR count). The van der Waals surface area contributed by atoms with E-state index in [0.29, 0.717) is 44.4 Å². The second-order valence-corrected chi connectivity index (χ2v) is 19.3. The standard InChI is InChI=1S/C60H48N4O4/c1-59(2,3)45-29-41-27-42(30-45)38-16-12-20-48(34-38)66-56-58(64-54-26-10-8-24-52(54)62-56)68-50-22-14-18-40(36-50)44-28-43(31-46(32-44)60(4,5)6)39-17-13-21-49(35-39)67-57-55(65-47-19-11-15-37(41)33-47)61-51-23-7-9-25-53(51)63-57/h7-36H,1-6H3. The Morgan fingerprint density at radius 2 is 0.515 bits per heavy atom. The Labute approximate surface area is 391 Å². The third-order valence-electron chi connectivity index (χ3n) is 12.1. The second-order valence-electron chi connectivity index (χ2n) is 19.3. The minimum Gasteiger partial charge on any atom is -0.435 e. The van der Waals surface area contributed by atoms with Gasteiger partial charge in [-0.15, -0.1) is 0 Å². The van der Waals surface area contributed by atoms with Crippen molar-refractivity contribution in [1.82, 2.24) is 19.9 Å². The highest BCUT2D eigenvalue weighted by atomic mass is 16.4. The zero-order valence-electron chi connectivity index (χ0n) is 38.7. The van der Waals surface area contributed by atoms with Crippen LogP contribution < -0.4 is 0 Å². The van der Waals surface area contributed by atoms with E-state index < -0.39 is 0 Å². The molecule has 12 bridgehead atoms. The van der Waals surface area contributed by atoms with Crippen molar-refractivity contribution in [3.63, 3.8) is 0 Å². The number of nitrogens with zero attached hydrogens (tertiary/aromatic N) is 4. The summed E-state index contributed by atoms with van der Waals surface area (Å²) in [7, 11) is 0. The van der Waals surface area contributed by atoms with E-state index >= 15 is 0 Å². The summed E-state index contributed by atoms with van der Waals surface area (Å²) in [5, 5.41) is 8.01. The first-order valence-corrected chi connectivity index (χ1v) is 22.8. The van der Waals surface area contributed by atoms with Crippen molar-refractivity contribution >= 4 is 110 Å². The number of hydrogen-bond donors (Lipinski definition) is 0. The van der Waals surface area contributed by atoms with E-state index in [1.807, 2.05) is 121 Å². The maximum Gasteiger partial charge on any atom is 0.284 e. The van der Waals surface area contributed by atoms with Crippen LogP contribution in [0.15, 0.2) is 200 Å². The topological polar surface area (TPSA) is 104 Å². The molecule has 3 aromatic heterocycles. The van der Waals surface area contributed by atoms with Crippen LogP contribution in [0.2, 0.25) is 0 Å². The Kier molecular flexibility index (Phi) is 10.5. The fourth-order valence-electron chi connectivity index (χ4n) is 8.39. The van der Waals surface area contributed by atoms with E-state index in [-0.39, 0.29) is 33.7 Å². The molecule has 0 fully saturated rings. The Hall–Kier alpha value is -8.36. The van der Waals surface area contributed by atoms with E-state index in [0.717, 1.165) is 43.1 Å². The SMILES string of the molecule is CC(C)(C)c1cc2cc(c1)c1cccc(c1)oc1nc3ccccc3nc1oc1cccc(c1)c1cc(C(C)(C)C)cc(c1)c1cccc(c1)oc1nc3ccccc3nc1oc1cccc2c1. The second kappa shape index (κ2) is 16.8. The number of para-hydroxylation sites is 4. The fourth-order valence-corrected chi connectivity index (χ4v) is 8.39. The molecule has 0 saturated heterocycles. The summed E-state index contributed by atoms with van der Waals surface area (Å²) in [6.07, 6.45) is 0. The largest absolute Gasteiger partial charge is 0.435 e. The van der Waals surface area contributed by atoms with E-state index in [1.165, 1.54) is 11.1 Å². The number of hydrogen-bond acceptors (Lipinski definition) is 8. The molecular formula is C60H48N4O4. The molecule has 332 valence electrons. The highest BCUT2D eigenvalue weighted by molar-refractivity contribution is 5.96. The molecule has 0 aliphatic heterocycles. The van der Waals surface area contributed by atoms with E-state index in [2.05, 4.69) is 102 Å². The predicted octanol–water partition coefficient (Wildman–Crippen LogP) is 16.8. The molecule has 3 heterocycles. The van der Waals surface area contributed by atoms with E-state index in [4.69, 9.17) is 37.6 Å². The molecular weight excluding hydrogens is 841 g/mol. The summed E-state index contributed by atoms with van der Waals surface area (Å²) >= 11 is 0. The van der Waals surface area contributed by atoms with Gasteiger partial charge in [0, 0.05) is 0 Å². The highest BCUT2D eigenvalue weighted by Gasteiger charge is 2.16. The van der Waals surface area contributed by atoms with Crippen molar-refractivity contribution in [1.29, 1.82) is 0 Å². The summed E-state index contributed by atoms with van der Waals surface area (Å²) in [5.41, 5.74) is 8.21. The summed E-state index contributed by atoms with van der Waals surface area (Å²) in [5.74, 6) is 0. The molecule has 0 unspecified atom stereocenters. The molecule has 8 nitrogen and oxygen atoms in total. The average Bonchev–Trinajstić information content (AvgIpc) is 3.33. The van der Waals surface area contributed by atoms with Crippen molar-refractivity contribution in [3.05, 3.63) is 193 Å². The van der Waals surface area contributed by atoms with Gasteiger partial charge in [-0.2, -0.15) is 0 Å². The Morgan fingerprint density at radius 3 is 0.750 bits per heavy atom. The minimum atomic E-state index is -0.154. The van der Waals surface area contributed by atoms with Gasteiger partial charge in [0.25, 0.3) is 22.9 Å². The average molecular weight is 889 g/mol. The van der Waals surface area contributed by atoms with Crippen LogP contribution in [-0.2, 0) is 10.8 Å². The first-order valence-electron chi connectivity index (χ1n) is 22.8. The minimum absolute atomic E-state index is 0.154. The lowest BCUT2D eigenvalue weighted by Gasteiger charge is -2.19. The van der Waals surface area contributed by atoms with Crippen LogP contribution in [0.4, 0.5) is 0 Å².